The molecule has 0 spiro atoms. The molecule has 0 aromatic heterocycles. The molecule has 0 atom stereocenters. The normalized spacial score (nSPS) is 17.6. The van der Waals surface area contributed by atoms with E-state index in [0.29, 0.717) is 18.5 Å². The van der Waals surface area contributed by atoms with Crippen LogP contribution in [0.3, 0.4) is 0 Å². The van der Waals surface area contributed by atoms with Crippen LogP contribution in [0, 0.1) is 0 Å². The molecule has 2 aliphatic rings. The van der Waals surface area contributed by atoms with Gasteiger partial charge in [-0.25, -0.2) is 0 Å². The minimum atomic E-state index is -0.104. The van der Waals surface area contributed by atoms with E-state index in [2.05, 4.69) is 46.4 Å². The van der Waals surface area contributed by atoms with Gasteiger partial charge < -0.3 is 20.0 Å². The summed E-state index contributed by atoms with van der Waals surface area (Å²) in [5.74, 6) is 0.0506. The Morgan fingerprint density at radius 2 is 1.55 bits per heavy atom. The fraction of sp³-hybridized carbons (Fsp3) is 0.391. The van der Waals surface area contributed by atoms with Gasteiger partial charge in [-0.15, -0.1) is 0 Å². The van der Waals surface area contributed by atoms with E-state index in [1.807, 2.05) is 12.1 Å². The molecule has 2 saturated heterocycles. The highest BCUT2D eigenvalue weighted by Gasteiger charge is 2.21. The minimum absolute atomic E-state index is 0.104. The molecule has 2 heterocycles. The Balaban J connectivity index is 1.30. The lowest BCUT2D eigenvalue weighted by Gasteiger charge is -2.34. The van der Waals surface area contributed by atoms with Gasteiger partial charge in [0.25, 0.3) is 5.91 Å². The first-order valence-electron chi connectivity index (χ1n) is 10.3. The van der Waals surface area contributed by atoms with E-state index in [1.165, 1.54) is 5.69 Å². The van der Waals surface area contributed by atoms with Crippen LogP contribution in [0.4, 0.5) is 11.4 Å². The predicted octanol–water partition coefficient (Wildman–Crippen LogP) is 2.50. The Kier molecular flexibility index (Phi) is 5.81. The van der Waals surface area contributed by atoms with Crippen molar-refractivity contribution in [3.63, 3.8) is 0 Å². The zero-order chi connectivity index (χ0) is 20.2. The summed E-state index contributed by atoms with van der Waals surface area (Å²) in [6.45, 7) is 5.52. The fourth-order valence-electron chi connectivity index (χ4n) is 3.89. The Labute approximate surface area is 172 Å². The van der Waals surface area contributed by atoms with E-state index in [1.54, 1.807) is 17.0 Å². The van der Waals surface area contributed by atoms with Crippen molar-refractivity contribution in [2.75, 3.05) is 49.6 Å². The average Bonchev–Trinajstić information content (AvgIpc) is 3.19. The van der Waals surface area contributed by atoms with Gasteiger partial charge in [0, 0.05) is 62.6 Å². The second-order valence-electron chi connectivity index (χ2n) is 7.84. The highest BCUT2D eigenvalue weighted by Crippen LogP contribution is 2.22. The smallest absolute Gasteiger partial charge is 0.251 e. The van der Waals surface area contributed by atoms with Gasteiger partial charge in [0.2, 0.25) is 5.91 Å². The van der Waals surface area contributed by atoms with Crippen molar-refractivity contribution in [3.8, 4) is 0 Å². The van der Waals surface area contributed by atoms with Gasteiger partial charge in [0.05, 0.1) is 0 Å². The number of carbonyl (C=O) groups excluding carboxylic acids is 2. The molecule has 152 valence electrons. The van der Waals surface area contributed by atoms with Crippen LogP contribution in [0.1, 0.15) is 28.8 Å². The van der Waals surface area contributed by atoms with E-state index in [9.17, 15) is 9.59 Å². The third kappa shape index (κ3) is 4.59. The van der Waals surface area contributed by atoms with Crippen LogP contribution in [0.2, 0.25) is 0 Å². The number of carbonyl (C=O) groups is 2. The van der Waals surface area contributed by atoms with Crippen molar-refractivity contribution in [3.05, 3.63) is 59.7 Å². The Morgan fingerprint density at radius 3 is 2.17 bits per heavy atom. The van der Waals surface area contributed by atoms with Crippen molar-refractivity contribution in [2.45, 2.75) is 19.4 Å². The van der Waals surface area contributed by atoms with Crippen LogP contribution in [-0.4, -0.2) is 56.5 Å². The van der Waals surface area contributed by atoms with Crippen LogP contribution < -0.4 is 15.1 Å². The first kappa shape index (κ1) is 19.5. The van der Waals surface area contributed by atoms with E-state index in [0.717, 1.165) is 50.4 Å². The molecule has 2 aliphatic heterocycles. The molecule has 0 saturated carbocycles. The van der Waals surface area contributed by atoms with Gasteiger partial charge in [-0.2, -0.15) is 0 Å². The minimum Gasteiger partial charge on any atom is -0.369 e. The van der Waals surface area contributed by atoms with Crippen molar-refractivity contribution < 1.29 is 9.59 Å². The zero-order valence-electron chi connectivity index (χ0n) is 16.9. The topological polar surface area (TPSA) is 55.9 Å². The third-order valence-electron chi connectivity index (χ3n) is 5.77. The first-order valence-corrected chi connectivity index (χ1v) is 10.3. The van der Waals surface area contributed by atoms with Gasteiger partial charge >= 0.3 is 0 Å². The summed E-state index contributed by atoms with van der Waals surface area (Å²) in [7, 11) is 2.16. The summed E-state index contributed by atoms with van der Waals surface area (Å²) < 4.78 is 0. The van der Waals surface area contributed by atoms with Crippen molar-refractivity contribution in [2.24, 2.45) is 0 Å². The molecule has 0 bridgehead atoms. The zero-order valence-corrected chi connectivity index (χ0v) is 16.9. The Hall–Kier alpha value is -2.86. The number of anilines is 2. The molecule has 0 unspecified atom stereocenters. The lowest BCUT2D eigenvalue weighted by Crippen LogP contribution is -2.44. The van der Waals surface area contributed by atoms with Gasteiger partial charge in [-0.1, -0.05) is 12.1 Å². The lowest BCUT2D eigenvalue weighted by molar-refractivity contribution is -0.117. The number of nitrogens with zero attached hydrogens (tertiary/aromatic N) is 3. The standard InChI is InChI=1S/C23H28N4O2/c1-25-13-15-26(16-14-25)20-8-4-18(5-9-20)17-24-23(29)19-6-10-21(11-7-19)27-12-2-3-22(27)28/h4-11H,2-3,12-17H2,1H3,(H,24,29). The lowest BCUT2D eigenvalue weighted by atomic mass is 10.1. The molecule has 2 fully saturated rings. The van der Waals surface area contributed by atoms with Crippen molar-refractivity contribution in [1.82, 2.24) is 10.2 Å². The molecule has 2 amide bonds. The number of hydrogen-bond acceptors (Lipinski definition) is 4. The summed E-state index contributed by atoms with van der Waals surface area (Å²) in [5, 5.41) is 2.98. The van der Waals surface area contributed by atoms with E-state index < -0.39 is 0 Å². The molecular formula is C23H28N4O2. The number of piperazine rings is 1. The van der Waals surface area contributed by atoms with Crippen molar-refractivity contribution >= 4 is 23.2 Å². The molecule has 29 heavy (non-hydrogen) atoms. The highest BCUT2D eigenvalue weighted by molar-refractivity contribution is 5.97. The average molecular weight is 393 g/mol. The van der Waals surface area contributed by atoms with Crippen LogP contribution in [0.5, 0.6) is 0 Å². The number of hydrogen-bond donors (Lipinski definition) is 1. The Morgan fingerprint density at radius 1 is 0.897 bits per heavy atom. The molecule has 6 heteroatoms. The summed E-state index contributed by atoms with van der Waals surface area (Å²) in [5.41, 5.74) is 3.79. The number of likely N-dealkylation sites (N-methyl/N-ethyl adjacent to an activating group) is 1. The van der Waals surface area contributed by atoms with E-state index in [4.69, 9.17) is 0 Å². The van der Waals surface area contributed by atoms with Gasteiger partial charge in [-0.3, -0.25) is 9.59 Å². The number of nitrogens with one attached hydrogen (secondary N) is 1. The summed E-state index contributed by atoms with van der Waals surface area (Å²) in [6, 6.07) is 15.7. The number of amides is 2. The second kappa shape index (κ2) is 8.66. The van der Waals surface area contributed by atoms with E-state index in [-0.39, 0.29) is 11.8 Å². The summed E-state index contributed by atoms with van der Waals surface area (Å²) >= 11 is 0. The third-order valence-corrected chi connectivity index (χ3v) is 5.77. The molecule has 2 aromatic carbocycles. The molecule has 2 aromatic rings. The SMILES string of the molecule is CN1CCN(c2ccc(CNC(=O)c3ccc(N4CCCC4=O)cc3)cc2)CC1. The van der Waals surface area contributed by atoms with Gasteiger partial charge in [0.15, 0.2) is 0 Å². The summed E-state index contributed by atoms with van der Waals surface area (Å²) in [4.78, 5) is 30.8. The van der Waals surface area contributed by atoms with Gasteiger partial charge in [0.1, 0.15) is 0 Å². The molecule has 0 aliphatic carbocycles. The molecule has 0 radical (unpaired) electrons. The first-order chi connectivity index (χ1) is 14.1. The molecule has 1 N–H and O–H groups in total. The maximum absolute atomic E-state index is 12.5. The predicted molar refractivity (Wildman–Crippen MR) is 115 cm³/mol. The van der Waals surface area contributed by atoms with Crippen LogP contribution >= 0.6 is 0 Å². The second-order valence-corrected chi connectivity index (χ2v) is 7.84. The van der Waals surface area contributed by atoms with Crippen LogP contribution in [0.25, 0.3) is 0 Å². The number of benzene rings is 2. The van der Waals surface area contributed by atoms with Crippen LogP contribution in [0.15, 0.2) is 48.5 Å². The van der Waals surface area contributed by atoms with Crippen LogP contribution in [-0.2, 0) is 11.3 Å². The van der Waals surface area contributed by atoms with Crippen molar-refractivity contribution in [1.29, 1.82) is 0 Å². The fourth-order valence-corrected chi connectivity index (χ4v) is 3.89. The molecule has 6 nitrogen and oxygen atoms in total. The van der Waals surface area contributed by atoms with Gasteiger partial charge in [-0.05, 0) is 55.4 Å². The Bertz CT molecular complexity index is 855. The monoisotopic (exact) mass is 392 g/mol. The summed E-state index contributed by atoms with van der Waals surface area (Å²) in [6.07, 6.45) is 1.50. The molecule has 4 rings (SSSR count). The maximum atomic E-state index is 12.5. The largest absolute Gasteiger partial charge is 0.369 e. The maximum Gasteiger partial charge on any atom is 0.251 e. The highest BCUT2D eigenvalue weighted by atomic mass is 16.2. The molecular weight excluding hydrogens is 364 g/mol. The van der Waals surface area contributed by atoms with E-state index >= 15 is 0 Å². The number of rotatable bonds is 5. The quantitative estimate of drug-likeness (QED) is 0.850.